The van der Waals surface area contributed by atoms with Crippen molar-refractivity contribution in [3.63, 3.8) is 0 Å². The third kappa shape index (κ3) is 1.41. The van der Waals surface area contributed by atoms with Crippen molar-refractivity contribution < 1.29 is 5.11 Å². The Bertz CT molecular complexity index is 372. The highest BCUT2D eigenvalue weighted by Crippen LogP contribution is 2.50. The molecule has 2 bridgehead atoms. The highest BCUT2D eigenvalue weighted by atomic mass is 16.3. The molecule has 2 saturated carbocycles. The Hall–Kier alpha value is -0.830. The molecule has 82 valence electrons. The fraction of sp³-hybridized carbons (Fsp3) is 0.750. The number of aliphatic hydroxyl groups excluding tert-OH is 1. The number of aliphatic hydroxyl groups is 1. The van der Waals surface area contributed by atoms with Crippen molar-refractivity contribution in [1.82, 2.24) is 9.78 Å². The van der Waals surface area contributed by atoms with E-state index in [-0.39, 0.29) is 6.61 Å². The van der Waals surface area contributed by atoms with Gasteiger partial charge in [0.2, 0.25) is 0 Å². The third-order valence-electron chi connectivity index (χ3n) is 4.23. The fourth-order valence-corrected chi connectivity index (χ4v) is 3.38. The van der Waals surface area contributed by atoms with E-state index < -0.39 is 0 Å². The molecule has 0 radical (unpaired) electrons. The average Bonchev–Trinajstić information content (AvgIpc) is 2.90. The molecule has 3 atom stereocenters. The molecule has 15 heavy (non-hydrogen) atoms. The predicted molar refractivity (Wildman–Crippen MR) is 57.4 cm³/mol. The first kappa shape index (κ1) is 9.40. The van der Waals surface area contributed by atoms with Crippen molar-refractivity contribution in [2.45, 2.75) is 45.3 Å². The van der Waals surface area contributed by atoms with Crippen LogP contribution in [-0.4, -0.2) is 14.9 Å². The van der Waals surface area contributed by atoms with E-state index in [4.69, 9.17) is 5.11 Å². The zero-order valence-electron chi connectivity index (χ0n) is 9.19. The molecule has 1 aromatic rings. The molecule has 0 amide bonds. The molecule has 0 spiro atoms. The second-order valence-electron chi connectivity index (χ2n) is 5.12. The van der Waals surface area contributed by atoms with Crippen LogP contribution in [0.3, 0.4) is 0 Å². The van der Waals surface area contributed by atoms with Gasteiger partial charge in [0.25, 0.3) is 0 Å². The topological polar surface area (TPSA) is 38.0 Å². The van der Waals surface area contributed by atoms with Gasteiger partial charge in [-0.1, -0.05) is 6.42 Å². The van der Waals surface area contributed by atoms with Gasteiger partial charge in [0.05, 0.1) is 18.3 Å². The van der Waals surface area contributed by atoms with Gasteiger partial charge in [0.15, 0.2) is 0 Å². The molecule has 1 N–H and O–H groups in total. The number of aryl methyl sites for hydroxylation is 1. The number of aromatic nitrogens is 2. The van der Waals surface area contributed by atoms with Gasteiger partial charge < -0.3 is 5.11 Å². The third-order valence-corrected chi connectivity index (χ3v) is 4.23. The number of rotatable bonds is 2. The molecule has 3 nitrogen and oxygen atoms in total. The summed E-state index contributed by atoms with van der Waals surface area (Å²) in [6, 6.07) is 0.614. The SMILES string of the molecule is Cc1nn(C2CC3CCC2C3)cc1CO. The van der Waals surface area contributed by atoms with Gasteiger partial charge in [0.1, 0.15) is 0 Å². The maximum Gasteiger partial charge on any atom is 0.0715 e. The van der Waals surface area contributed by atoms with Gasteiger partial charge in [-0.25, -0.2) is 0 Å². The van der Waals surface area contributed by atoms with Crippen LogP contribution in [0.2, 0.25) is 0 Å². The molecular formula is C12H18N2O. The Morgan fingerprint density at radius 1 is 1.47 bits per heavy atom. The number of hydrogen-bond donors (Lipinski definition) is 1. The molecule has 1 heterocycles. The normalized spacial score (nSPS) is 33.9. The molecular weight excluding hydrogens is 188 g/mol. The lowest BCUT2D eigenvalue weighted by molar-refractivity contribution is 0.279. The summed E-state index contributed by atoms with van der Waals surface area (Å²) in [4.78, 5) is 0. The van der Waals surface area contributed by atoms with Crippen LogP contribution in [0.15, 0.2) is 6.20 Å². The van der Waals surface area contributed by atoms with Crippen molar-refractivity contribution in [1.29, 1.82) is 0 Å². The lowest BCUT2D eigenvalue weighted by Gasteiger charge is -2.21. The summed E-state index contributed by atoms with van der Waals surface area (Å²) in [6.45, 7) is 2.10. The average molecular weight is 206 g/mol. The van der Waals surface area contributed by atoms with E-state index in [1.165, 1.54) is 25.7 Å². The van der Waals surface area contributed by atoms with Crippen molar-refractivity contribution in [2.75, 3.05) is 0 Å². The first-order valence-corrected chi connectivity index (χ1v) is 5.93. The summed E-state index contributed by atoms with van der Waals surface area (Å²) < 4.78 is 2.12. The van der Waals surface area contributed by atoms with E-state index in [2.05, 4.69) is 9.78 Å². The van der Waals surface area contributed by atoms with Crippen LogP contribution in [0.5, 0.6) is 0 Å². The van der Waals surface area contributed by atoms with Gasteiger partial charge in [0, 0.05) is 11.8 Å². The molecule has 1 aromatic heterocycles. The quantitative estimate of drug-likeness (QED) is 0.804. The van der Waals surface area contributed by atoms with E-state index in [9.17, 15) is 0 Å². The van der Waals surface area contributed by atoms with E-state index in [1.54, 1.807) is 0 Å². The standard InChI is InChI=1S/C12H18N2O/c1-8-11(7-15)6-14(13-8)12-5-9-2-3-10(12)4-9/h6,9-10,12,15H,2-5,7H2,1H3. The molecule has 3 heteroatoms. The van der Waals surface area contributed by atoms with E-state index >= 15 is 0 Å². The molecule has 3 unspecified atom stereocenters. The molecule has 0 saturated heterocycles. The van der Waals surface area contributed by atoms with Crippen LogP contribution in [0, 0.1) is 18.8 Å². The summed E-state index contributed by atoms with van der Waals surface area (Å²) in [6.07, 6.45) is 7.55. The zero-order chi connectivity index (χ0) is 10.4. The summed E-state index contributed by atoms with van der Waals surface area (Å²) in [5, 5.41) is 13.7. The maximum absolute atomic E-state index is 9.15. The van der Waals surface area contributed by atoms with Crippen LogP contribution in [-0.2, 0) is 6.61 Å². The van der Waals surface area contributed by atoms with E-state index in [0.29, 0.717) is 6.04 Å². The molecule has 2 aliphatic rings. The predicted octanol–water partition coefficient (Wildman–Crippen LogP) is 2.04. The summed E-state index contributed by atoms with van der Waals surface area (Å²) >= 11 is 0. The molecule has 0 aromatic carbocycles. The maximum atomic E-state index is 9.15. The summed E-state index contributed by atoms with van der Waals surface area (Å²) in [7, 11) is 0. The van der Waals surface area contributed by atoms with Crippen LogP contribution in [0.1, 0.15) is 43.0 Å². The molecule has 2 fully saturated rings. The van der Waals surface area contributed by atoms with Crippen molar-refractivity contribution in [3.8, 4) is 0 Å². The summed E-state index contributed by atoms with van der Waals surface area (Å²) in [5.74, 6) is 1.79. The van der Waals surface area contributed by atoms with Crippen molar-refractivity contribution in [3.05, 3.63) is 17.5 Å². The highest BCUT2D eigenvalue weighted by Gasteiger charge is 2.40. The number of nitrogens with zero attached hydrogens (tertiary/aromatic N) is 2. The first-order chi connectivity index (χ1) is 7.28. The molecule has 0 aliphatic heterocycles. The van der Waals surface area contributed by atoms with Gasteiger partial charge >= 0.3 is 0 Å². The Kier molecular flexibility index (Phi) is 2.09. The first-order valence-electron chi connectivity index (χ1n) is 5.93. The van der Waals surface area contributed by atoms with Gasteiger partial charge in [-0.2, -0.15) is 5.10 Å². The Morgan fingerprint density at radius 2 is 2.33 bits per heavy atom. The van der Waals surface area contributed by atoms with Crippen LogP contribution in [0.4, 0.5) is 0 Å². The minimum Gasteiger partial charge on any atom is -0.392 e. The van der Waals surface area contributed by atoms with E-state index in [0.717, 1.165) is 23.1 Å². The lowest BCUT2D eigenvalue weighted by Crippen LogP contribution is -2.16. The molecule has 2 aliphatic carbocycles. The van der Waals surface area contributed by atoms with Crippen LogP contribution < -0.4 is 0 Å². The van der Waals surface area contributed by atoms with Crippen LogP contribution >= 0.6 is 0 Å². The van der Waals surface area contributed by atoms with Crippen molar-refractivity contribution in [2.24, 2.45) is 11.8 Å². The highest BCUT2D eigenvalue weighted by molar-refractivity contribution is 5.15. The lowest BCUT2D eigenvalue weighted by atomic mass is 9.96. The minimum atomic E-state index is 0.118. The zero-order valence-corrected chi connectivity index (χ0v) is 9.19. The van der Waals surface area contributed by atoms with Crippen molar-refractivity contribution >= 4 is 0 Å². The minimum absolute atomic E-state index is 0.118. The van der Waals surface area contributed by atoms with Gasteiger partial charge in [-0.05, 0) is 38.0 Å². The molecule has 3 rings (SSSR count). The fourth-order valence-electron chi connectivity index (χ4n) is 3.38. The Labute approximate surface area is 90.1 Å². The number of fused-ring (bicyclic) bond motifs is 2. The van der Waals surface area contributed by atoms with Crippen LogP contribution in [0.25, 0.3) is 0 Å². The second kappa shape index (κ2) is 3.34. The Balaban J connectivity index is 1.87. The van der Waals surface area contributed by atoms with Gasteiger partial charge in [-0.15, -0.1) is 0 Å². The number of hydrogen-bond acceptors (Lipinski definition) is 2. The van der Waals surface area contributed by atoms with Gasteiger partial charge in [-0.3, -0.25) is 4.68 Å². The Morgan fingerprint density at radius 3 is 2.87 bits per heavy atom. The monoisotopic (exact) mass is 206 g/mol. The second-order valence-corrected chi connectivity index (χ2v) is 5.12. The smallest absolute Gasteiger partial charge is 0.0715 e. The largest absolute Gasteiger partial charge is 0.392 e. The summed E-state index contributed by atoms with van der Waals surface area (Å²) in [5.41, 5.74) is 1.97. The van der Waals surface area contributed by atoms with E-state index in [1.807, 2.05) is 13.1 Å².